The number of hydrogen-bond donors (Lipinski definition) is 3. The Morgan fingerprint density at radius 1 is 1.18 bits per heavy atom. The van der Waals surface area contributed by atoms with Crippen molar-refractivity contribution in [3.63, 3.8) is 0 Å². The molecule has 4 bridgehead atoms. The van der Waals surface area contributed by atoms with Crippen molar-refractivity contribution in [3.8, 4) is 16.9 Å². The number of fused-ring (bicyclic) bond motifs is 1. The van der Waals surface area contributed by atoms with Gasteiger partial charge in [-0.15, -0.1) is 0 Å². The lowest BCUT2D eigenvalue weighted by molar-refractivity contribution is -0.210. The third-order valence-electron chi connectivity index (χ3n) is 8.50. The van der Waals surface area contributed by atoms with Gasteiger partial charge < -0.3 is 24.1 Å². The number of aryl methyl sites for hydroxylation is 1. The Kier molecular flexibility index (Phi) is 4.69. The third kappa shape index (κ3) is 3.23. The molecule has 4 saturated carbocycles. The highest BCUT2D eigenvalue weighted by Crippen LogP contribution is 2.61. The van der Waals surface area contributed by atoms with Gasteiger partial charge in [-0.1, -0.05) is 11.9 Å². The molecule has 0 radical (unpaired) electrons. The van der Waals surface area contributed by atoms with Crippen molar-refractivity contribution in [3.05, 3.63) is 47.0 Å². The minimum atomic E-state index is -0.576. The summed E-state index contributed by atoms with van der Waals surface area (Å²) in [6, 6.07) is 8.21. The molecule has 0 aliphatic heterocycles. The molecule has 4 aliphatic carbocycles. The third-order valence-corrected chi connectivity index (χ3v) is 8.94. The number of anilines is 1. The molecule has 7 heteroatoms. The van der Waals surface area contributed by atoms with Crippen molar-refractivity contribution < 1.29 is 9.84 Å². The fourth-order valence-corrected chi connectivity index (χ4v) is 7.35. The van der Waals surface area contributed by atoms with Crippen molar-refractivity contribution in [1.29, 1.82) is 0 Å². The topological polar surface area (TPSA) is 79.3 Å². The van der Waals surface area contributed by atoms with E-state index in [0.29, 0.717) is 23.3 Å². The van der Waals surface area contributed by atoms with E-state index in [0.717, 1.165) is 60.1 Å². The standard InChI is InChI=1S/C26H31N3O3S/c1-25(31)16-8-15-9-17(25)13-26(11-15,12-16)32-22-5-4-18(28-33-3)10-20(22)21-14-29(2)24(30)23-19(21)6-7-27-23/h4-7,10,14-17,27-28,31H,8-9,11-13H2,1-3H3. The summed E-state index contributed by atoms with van der Waals surface area (Å²) < 4.78 is 11.9. The summed E-state index contributed by atoms with van der Waals surface area (Å²) in [5.74, 6) is 2.10. The molecule has 33 heavy (non-hydrogen) atoms. The van der Waals surface area contributed by atoms with Gasteiger partial charge in [0.15, 0.2) is 0 Å². The molecule has 3 N–H and O–H groups in total. The number of rotatable bonds is 5. The van der Waals surface area contributed by atoms with Gasteiger partial charge in [-0.05, 0) is 81.0 Å². The number of aliphatic hydroxyl groups is 1. The minimum absolute atomic E-state index is 0.0390. The summed E-state index contributed by atoms with van der Waals surface area (Å²) in [5.41, 5.74) is 2.73. The van der Waals surface area contributed by atoms with Gasteiger partial charge in [0.25, 0.3) is 5.56 Å². The predicted octanol–water partition coefficient (Wildman–Crippen LogP) is 4.93. The second-order valence-corrected chi connectivity index (χ2v) is 11.2. The smallest absolute Gasteiger partial charge is 0.274 e. The molecule has 4 fully saturated rings. The molecule has 3 aromatic rings. The molecule has 0 saturated heterocycles. The Balaban J connectivity index is 1.46. The van der Waals surface area contributed by atoms with Crippen molar-refractivity contribution >= 4 is 28.5 Å². The normalized spacial score (nSPS) is 32.4. The Hall–Kier alpha value is -2.38. The molecule has 2 atom stereocenters. The highest BCUT2D eigenvalue weighted by molar-refractivity contribution is 7.99. The molecule has 4 aliphatic rings. The van der Waals surface area contributed by atoms with Gasteiger partial charge in [-0.2, -0.15) is 0 Å². The SMILES string of the molecule is CSNc1ccc(OC23CC4CC(C2)C(C)(O)C(C4)C3)c(-c2cn(C)c(=O)c3[nH]ccc23)c1. The van der Waals surface area contributed by atoms with Crippen molar-refractivity contribution in [2.24, 2.45) is 24.8 Å². The van der Waals surface area contributed by atoms with Crippen LogP contribution in [0.5, 0.6) is 5.75 Å². The van der Waals surface area contributed by atoms with Crippen LogP contribution in [0.4, 0.5) is 5.69 Å². The summed E-state index contributed by atoms with van der Waals surface area (Å²) in [6.07, 6.45) is 10.8. The lowest BCUT2D eigenvalue weighted by Gasteiger charge is -2.62. The second kappa shape index (κ2) is 7.31. The van der Waals surface area contributed by atoms with E-state index in [-0.39, 0.29) is 11.2 Å². The first-order valence-corrected chi connectivity index (χ1v) is 13.0. The van der Waals surface area contributed by atoms with Crippen molar-refractivity contribution in [2.75, 3.05) is 11.0 Å². The van der Waals surface area contributed by atoms with Crippen molar-refractivity contribution in [1.82, 2.24) is 9.55 Å². The van der Waals surface area contributed by atoms with Crippen LogP contribution in [0.2, 0.25) is 0 Å². The number of ether oxygens (including phenoxy) is 1. The zero-order valence-corrected chi connectivity index (χ0v) is 20.2. The van der Waals surface area contributed by atoms with Crippen LogP contribution in [0, 0.1) is 17.8 Å². The molecule has 2 heterocycles. The van der Waals surface area contributed by atoms with Gasteiger partial charge in [-0.3, -0.25) is 4.79 Å². The maximum atomic E-state index is 12.6. The largest absolute Gasteiger partial charge is 0.487 e. The van der Waals surface area contributed by atoms with Crippen LogP contribution in [-0.4, -0.2) is 32.1 Å². The number of H-pyrrole nitrogens is 1. The van der Waals surface area contributed by atoms with E-state index in [1.54, 1.807) is 23.6 Å². The quantitative estimate of drug-likeness (QED) is 0.466. The van der Waals surface area contributed by atoms with Gasteiger partial charge in [0.1, 0.15) is 16.9 Å². The first-order valence-electron chi connectivity index (χ1n) is 11.8. The highest BCUT2D eigenvalue weighted by atomic mass is 32.2. The Morgan fingerprint density at radius 2 is 1.94 bits per heavy atom. The molecule has 2 aromatic heterocycles. The first kappa shape index (κ1) is 21.2. The Labute approximate surface area is 197 Å². The summed E-state index contributed by atoms with van der Waals surface area (Å²) in [4.78, 5) is 15.8. The number of pyridine rings is 1. The number of nitrogens with zero attached hydrogens (tertiary/aromatic N) is 1. The number of nitrogens with one attached hydrogen (secondary N) is 2. The van der Waals surface area contributed by atoms with Gasteiger partial charge in [-0.25, -0.2) is 0 Å². The molecule has 2 unspecified atom stereocenters. The predicted molar refractivity (Wildman–Crippen MR) is 134 cm³/mol. The van der Waals surface area contributed by atoms with Crippen LogP contribution < -0.4 is 15.0 Å². The summed E-state index contributed by atoms with van der Waals surface area (Å²) in [6.45, 7) is 2.04. The van der Waals surface area contributed by atoms with Gasteiger partial charge in [0.05, 0.1) is 5.60 Å². The van der Waals surface area contributed by atoms with Crippen LogP contribution in [0.3, 0.4) is 0 Å². The van der Waals surface area contributed by atoms with Crippen LogP contribution in [0.15, 0.2) is 41.5 Å². The zero-order valence-electron chi connectivity index (χ0n) is 19.4. The fourth-order valence-electron chi connectivity index (χ4n) is 6.98. The molecular formula is C26H31N3O3S. The van der Waals surface area contributed by atoms with E-state index in [4.69, 9.17) is 4.74 Å². The first-order chi connectivity index (χ1) is 15.8. The molecule has 0 spiro atoms. The number of aromatic nitrogens is 2. The second-order valence-electron chi connectivity index (χ2n) is 10.6. The van der Waals surface area contributed by atoms with E-state index >= 15 is 0 Å². The summed E-state index contributed by atoms with van der Waals surface area (Å²) in [5, 5.41) is 12.1. The van der Waals surface area contributed by atoms with Gasteiger partial charge in [0.2, 0.25) is 0 Å². The van der Waals surface area contributed by atoms with Crippen LogP contribution in [-0.2, 0) is 7.05 Å². The highest BCUT2D eigenvalue weighted by Gasteiger charge is 2.61. The maximum absolute atomic E-state index is 12.6. The van der Waals surface area contributed by atoms with E-state index in [9.17, 15) is 9.90 Å². The van der Waals surface area contributed by atoms with E-state index in [2.05, 4.69) is 27.9 Å². The molecule has 1 aromatic carbocycles. The monoisotopic (exact) mass is 465 g/mol. The zero-order chi connectivity index (χ0) is 23.0. The van der Waals surface area contributed by atoms with Crippen LogP contribution >= 0.6 is 11.9 Å². The lowest BCUT2D eigenvalue weighted by atomic mass is 9.48. The van der Waals surface area contributed by atoms with Crippen LogP contribution in [0.25, 0.3) is 22.0 Å². The number of hydrogen-bond acceptors (Lipinski definition) is 5. The lowest BCUT2D eigenvalue weighted by Crippen LogP contribution is -2.64. The molecule has 7 rings (SSSR count). The van der Waals surface area contributed by atoms with E-state index in [1.807, 2.05) is 31.6 Å². The minimum Gasteiger partial charge on any atom is -0.487 e. The average Bonchev–Trinajstić information content (AvgIpc) is 3.26. The maximum Gasteiger partial charge on any atom is 0.274 e. The van der Waals surface area contributed by atoms with Crippen molar-refractivity contribution in [2.45, 2.75) is 50.2 Å². The average molecular weight is 466 g/mol. The van der Waals surface area contributed by atoms with Crippen LogP contribution in [0.1, 0.15) is 39.0 Å². The summed E-state index contributed by atoms with van der Waals surface area (Å²) >= 11 is 1.55. The number of aromatic amines is 1. The summed E-state index contributed by atoms with van der Waals surface area (Å²) in [7, 11) is 1.79. The molecule has 0 amide bonds. The molecular weight excluding hydrogens is 434 g/mol. The van der Waals surface area contributed by atoms with E-state index < -0.39 is 5.60 Å². The molecule has 174 valence electrons. The van der Waals surface area contributed by atoms with Gasteiger partial charge >= 0.3 is 0 Å². The Bertz CT molecular complexity index is 1280. The number of benzene rings is 1. The van der Waals surface area contributed by atoms with E-state index in [1.165, 1.54) is 0 Å². The Morgan fingerprint density at radius 3 is 2.67 bits per heavy atom. The molecule has 6 nitrogen and oxygen atoms in total. The van der Waals surface area contributed by atoms with Gasteiger partial charge in [0, 0.05) is 47.9 Å². The fraction of sp³-hybridized carbons (Fsp3) is 0.500.